The van der Waals surface area contributed by atoms with Crippen LogP contribution in [0.1, 0.15) is 23.6 Å². The fraction of sp³-hybridized carbons (Fsp3) is 0.556. The van der Waals surface area contributed by atoms with Gasteiger partial charge in [-0.1, -0.05) is 12.1 Å². The standard InChI is InChI=1S/C18H25N5O/c1-14-20-21-18-7-4-16(13-23(14)18)19-12-15-2-5-17(6-3-15)22-8-10-24-11-9-22/h2-3,5-6,16,19H,4,7-13H2,1H3/t16-/m1/s1. The molecule has 1 aromatic heterocycles. The van der Waals surface area contributed by atoms with Crippen LogP contribution in [-0.4, -0.2) is 47.1 Å². The van der Waals surface area contributed by atoms with E-state index < -0.39 is 0 Å². The molecule has 1 N–H and O–H groups in total. The zero-order valence-electron chi connectivity index (χ0n) is 14.2. The van der Waals surface area contributed by atoms with Crippen molar-refractivity contribution in [1.29, 1.82) is 0 Å². The second kappa shape index (κ2) is 6.91. The SMILES string of the molecule is Cc1nnc2n1C[C@H](NCc1ccc(N3CCOCC3)cc1)CC2. The van der Waals surface area contributed by atoms with E-state index in [2.05, 4.69) is 49.2 Å². The molecule has 1 fully saturated rings. The molecule has 2 aliphatic rings. The molecule has 6 nitrogen and oxygen atoms in total. The van der Waals surface area contributed by atoms with Crippen molar-refractivity contribution in [3.05, 3.63) is 41.5 Å². The highest BCUT2D eigenvalue weighted by atomic mass is 16.5. The Kier molecular flexibility index (Phi) is 4.49. The minimum absolute atomic E-state index is 0.492. The molecule has 4 rings (SSSR count). The molecule has 0 saturated carbocycles. The van der Waals surface area contributed by atoms with Crippen LogP contribution < -0.4 is 10.2 Å². The number of ether oxygens (including phenoxy) is 1. The van der Waals surface area contributed by atoms with Gasteiger partial charge in [0, 0.05) is 44.3 Å². The van der Waals surface area contributed by atoms with Gasteiger partial charge in [-0.15, -0.1) is 10.2 Å². The van der Waals surface area contributed by atoms with E-state index in [0.717, 1.165) is 63.9 Å². The lowest BCUT2D eigenvalue weighted by Gasteiger charge is -2.29. The molecule has 128 valence electrons. The maximum absolute atomic E-state index is 5.42. The molecule has 0 spiro atoms. The van der Waals surface area contributed by atoms with Crippen LogP contribution >= 0.6 is 0 Å². The Bertz CT molecular complexity index is 675. The van der Waals surface area contributed by atoms with Crippen molar-refractivity contribution in [1.82, 2.24) is 20.1 Å². The number of hydrogen-bond donors (Lipinski definition) is 1. The molecule has 2 aliphatic heterocycles. The highest BCUT2D eigenvalue weighted by Gasteiger charge is 2.21. The van der Waals surface area contributed by atoms with Gasteiger partial charge in [-0.05, 0) is 31.0 Å². The van der Waals surface area contributed by atoms with Crippen molar-refractivity contribution in [2.75, 3.05) is 31.2 Å². The molecule has 6 heteroatoms. The first-order valence-electron chi connectivity index (χ1n) is 8.83. The van der Waals surface area contributed by atoms with Crippen LogP contribution in [0.5, 0.6) is 0 Å². The van der Waals surface area contributed by atoms with E-state index in [9.17, 15) is 0 Å². The number of benzene rings is 1. The van der Waals surface area contributed by atoms with E-state index in [1.165, 1.54) is 11.3 Å². The maximum Gasteiger partial charge on any atom is 0.133 e. The van der Waals surface area contributed by atoms with Gasteiger partial charge >= 0.3 is 0 Å². The van der Waals surface area contributed by atoms with Gasteiger partial charge in [0.2, 0.25) is 0 Å². The monoisotopic (exact) mass is 327 g/mol. The van der Waals surface area contributed by atoms with Crippen LogP contribution in [0.2, 0.25) is 0 Å². The number of morpholine rings is 1. The fourth-order valence-corrected chi connectivity index (χ4v) is 3.54. The number of nitrogens with one attached hydrogen (secondary N) is 1. The van der Waals surface area contributed by atoms with Crippen LogP contribution in [0.25, 0.3) is 0 Å². The predicted octanol–water partition coefficient (Wildman–Crippen LogP) is 1.53. The quantitative estimate of drug-likeness (QED) is 0.923. The van der Waals surface area contributed by atoms with Crippen molar-refractivity contribution < 1.29 is 4.74 Å². The summed E-state index contributed by atoms with van der Waals surface area (Å²) >= 11 is 0. The Balaban J connectivity index is 1.32. The summed E-state index contributed by atoms with van der Waals surface area (Å²) in [5.74, 6) is 2.15. The highest BCUT2D eigenvalue weighted by molar-refractivity contribution is 5.47. The topological polar surface area (TPSA) is 55.2 Å². The van der Waals surface area contributed by atoms with Gasteiger partial charge < -0.3 is 19.5 Å². The zero-order chi connectivity index (χ0) is 16.4. The molecule has 24 heavy (non-hydrogen) atoms. The average molecular weight is 327 g/mol. The maximum atomic E-state index is 5.42. The Morgan fingerprint density at radius 2 is 1.96 bits per heavy atom. The van der Waals surface area contributed by atoms with Gasteiger partial charge in [0.15, 0.2) is 0 Å². The first kappa shape index (κ1) is 15.6. The second-order valence-corrected chi connectivity index (χ2v) is 6.66. The molecule has 2 aromatic rings. The normalized spacial score (nSPS) is 20.9. The summed E-state index contributed by atoms with van der Waals surface area (Å²) in [4.78, 5) is 2.39. The van der Waals surface area contributed by atoms with Crippen molar-refractivity contribution in [2.45, 2.75) is 38.9 Å². The molecule has 0 radical (unpaired) electrons. The summed E-state index contributed by atoms with van der Waals surface area (Å²) in [6, 6.07) is 9.41. The van der Waals surface area contributed by atoms with Crippen LogP contribution in [0.15, 0.2) is 24.3 Å². The molecular formula is C18H25N5O. The highest BCUT2D eigenvalue weighted by Crippen LogP contribution is 2.18. The van der Waals surface area contributed by atoms with Crippen LogP contribution in [0, 0.1) is 6.92 Å². The number of nitrogens with zero attached hydrogens (tertiary/aromatic N) is 4. The first-order chi connectivity index (χ1) is 11.8. The predicted molar refractivity (Wildman–Crippen MR) is 93.2 cm³/mol. The number of aromatic nitrogens is 3. The Labute approximate surface area is 142 Å². The van der Waals surface area contributed by atoms with Gasteiger partial charge in [0.1, 0.15) is 11.6 Å². The van der Waals surface area contributed by atoms with E-state index >= 15 is 0 Å². The number of anilines is 1. The first-order valence-corrected chi connectivity index (χ1v) is 8.83. The molecule has 1 aromatic carbocycles. The molecule has 0 amide bonds. The van der Waals surface area contributed by atoms with Gasteiger partial charge in [-0.2, -0.15) is 0 Å². The Morgan fingerprint density at radius 1 is 1.17 bits per heavy atom. The molecule has 1 atom stereocenters. The number of aryl methyl sites for hydroxylation is 2. The second-order valence-electron chi connectivity index (χ2n) is 6.66. The van der Waals surface area contributed by atoms with Crippen molar-refractivity contribution in [3.8, 4) is 0 Å². The van der Waals surface area contributed by atoms with Crippen LogP contribution in [0.3, 0.4) is 0 Å². The third kappa shape index (κ3) is 3.30. The molecular weight excluding hydrogens is 302 g/mol. The lowest BCUT2D eigenvalue weighted by atomic mass is 10.1. The van der Waals surface area contributed by atoms with Crippen LogP contribution in [0.4, 0.5) is 5.69 Å². The lowest BCUT2D eigenvalue weighted by Crippen LogP contribution is -2.37. The van der Waals surface area contributed by atoms with Gasteiger partial charge in [-0.3, -0.25) is 0 Å². The largest absolute Gasteiger partial charge is 0.378 e. The molecule has 1 saturated heterocycles. The van der Waals surface area contributed by atoms with Crippen LogP contribution in [-0.2, 0) is 24.2 Å². The van der Waals surface area contributed by atoms with E-state index in [1.54, 1.807) is 0 Å². The minimum atomic E-state index is 0.492. The summed E-state index contributed by atoms with van der Waals surface area (Å²) < 4.78 is 7.65. The van der Waals surface area contributed by atoms with E-state index in [1.807, 2.05) is 6.92 Å². The van der Waals surface area contributed by atoms with Crippen molar-refractivity contribution in [2.24, 2.45) is 0 Å². The Hall–Kier alpha value is -1.92. The number of rotatable bonds is 4. The minimum Gasteiger partial charge on any atom is -0.378 e. The molecule has 3 heterocycles. The Morgan fingerprint density at radius 3 is 2.75 bits per heavy atom. The molecule has 0 aliphatic carbocycles. The molecule has 0 bridgehead atoms. The smallest absolute Gasteiger partial charge is 0.133 e. The third-order valence-corrected chi connectivity index (χ3v) is 5.04. The summed E-state index contributed by atoms with van der Waals surface area (Å²) in [5.41, 5.74) is 2.63. The number of hydrogen-bond acceptors (Lipinski definition) is 5. The van der Waals surface area contributed by atoms with E-state index in [0.29, 0.717) is 6.04 Å². The summed E-state index contributed by atoms with van der Waals surface area (Å²) in [6.07, 6.45) is 2.14. The fourth-order valence-electron chi connectivity index (χ4n) is 3.54. The van der Waals surface area contributed by atoms with Gasteiger partial charge in [-0.25, -0.2) is 0 Å². The summed E-state index contributed by atoms with van der Waals surface area (Å²) in [5, 5.41) is 12.1. The van der Waals surface area contributed by atoms with Gasteiger partial charge in [0.25, 0.3) is 0 Å². The number of fused-ring (bicyclic) bond motifs is 1. The summed E-state index contributed by atoms with van der Waals surface area (Å²) in [6.45, 7) is 7.54. The molecule has 0 unspecified atom stereocenters. The van der Waals surface area contributed by atoms with Crippen molar-refractivity contribution in [3.63, 3.8) is 0 Å². The summed E-state index contributed by atoms with van der Waals surface area (Å²) in [7, 11) is 0. The van der Waals surface area contributed by atoms with Crippen molar-refractivity contribution >= 4 is 5.69 Å². The average Bonchev–Trinajstić information content (AvgIpc) is 3.02. The zero-order valence-corrected chi connectivity index (χ0v) is 14.2. The third-order valence-electron chi connectivity index (χ3n) is 5.04. The lowest BCUT2D eigenvalue weighted by molar-refractivity contribution is 0.122. The van der Waals surface area contributed by atoms with E-state index in [-0.39, 0.29) is 0 Å². The van der Waals surface area contributed by atoms with E-state index in [4.69, 9.17) is 4.74 Å². The van der Waals surface area contributed by atoms with Gasteiger partial charge in [0.05, 0.1) is 13.2 Å².